The first kappa shape index (κ1) is 88.4. The molecule has 0 aromatic heterocycles. The van der Waals surface area contributed by atoms with Crippen molar-refractivity contribution in [3.05, 3.63) is 88.0 Å². The third-order valence-corrected chi connectivity index (χ3v) is 23.4. The molecule has 0 radical (unpaired) electrons. The van der Waals surface area contributed by atoms with E-state index in [1.807, 2.05) is 0 Å². The van der Waals surface area contributed by atoms with Gasteiger partial charge in [0.2, 0.25) is 6.16 Å². The van der Waals surface area contributed by atoms with Crippen molar-refractivity contribution >= 4 is 17.1 Å². The van der Waals surface area contributed by atoms with E-state index in [-0.39, 0.29) is 10.9 Å². The molecule has 0 amide bonds. The van der Waals surface area contributed by atoms with Crippen molar-refractivity contribution < 1.29 is 15.0 Å². The van der Waals surface area contributed by atoms with Crippen LogP contribution in [0.1, 0.15) is 460 Å². The van der Waals surface area contributed by atoms with Gasteiger partial charge in [0.25, 0.3) is 0 Å². The zero-order valence-corrected chi connectivity index (χ0v) is 65.4. The lowest BCUT2D eigenvalue weighted by atomic mass is 9.94. The molecule has 1 N–H and O–H groups in total. The van der Waals surface area contributed by atoms with Crippen LogP contribution in [-0.2, 0) is 49.4 Å². The molecule has 0 fully saturated rings. The van der Waals surface area contributed by atoms with E-state index in [9.17, 15) is 0 Å². The van der Waals surface area contributed by atoms with Gasteiger partial charge in [0.15, 0.2) is 14.7 Å². The van der Waals surface area contributed by atoms with E-state index in [1.54, 1.807) is 48.1 Å². The Kier molecular flexibility index (Phi) is 62.4. The van der Waals surface area contributed by atoms with Gasteiger partial charge in [0, 0.05) is 22.3 Å². The standard InChI is InChI=1S/C90H159S.CH2O3/c1-7-13-19-25-31-37-43-49-55-62-70-82-78-84(72-64-57-51-45-39-33-27-21-15-9-3)89(85(79-82)73-65-58-52-46-40-34-28-22-16-10-4)91(88-76-68-61-69-77-88)90-86(74-66-59-53-47-41-35-29-23-17-11-5)80-83(71-63-56-50-44-38-32-26-20-14-8-2)81-87(90)75-67-60-54-48-42-36-30-24-18-12-6;2-1(3)4/h61,68-69,76-81H,7-60,62-67,70-75H2,1-6H3;(H2,2,3,4)/q+1;/p-1. The molecule has 0 aliphatic heterocycles. The highest BCUT2D eigenvalue weighted by Gasteiger charge is 2.38. The van der Waals surface area contributed by atoms with E-state index < -0.39 is 6.16 Å². The fourth-order valence-electron chi connectivity index (χ4n) is 14.9. The van der Waals surface area contributed by atoms with Crippen molar-refractivity contribution in [2.45, 2.75) is 480 Å². The molecule has 0 spiro atoms. The number of rotatable bonds is 69. The molecule has 0 saturated heterocycles. The minimum Gasteiger partial charge on any atom is -0.565 e. The van der Waals surface area contributed by atoms with Gasteiger partial charge < -0.3 is 15.0 Å². The summed E-state index contributed by atoms with van der Waals surface area (Å²) in [6.45, 7) is 14.1. The highest BCUT2D eigenvalue weighted by atomic mass is 32.2. The summed E-state index contributed by atoms with van der Waals surface area (Å²) in [7, 11) is -0.165. The van der Waals surface area contributed by atoms with Gasteiger partial charge in [0.1, 0.15) is 10.9 Å². The van der Waals surface area contributed by atoms with Crippen LogP contribution in [0.2, 0.25) is 0 Å². The van der Waals surface area contributed by atoms with Gasteiger partial charge in [0.05, 0.1) is 0 Å². The fraction of sp³-hybridized carbons (Fsp3) is 0.791. The molecule has 0 aliphatic rings. The normalized spacial score (nSPS) is 11.5. The highest BCUT2D eigenvalue weighted by Crippen LogP contribution is 2.43. The SMILES string of the molecule is CCCCCCCCCCCCc1cc(CCCCCCCCCCCC)c([S+](c2ccccc2)c2c(CCCCCCCCCCCC)cc(CCCCCCCCCCCC)cc2CCCCCCCCCCCC)c(CCCCCCCCCCCC)c1.O=C([O-])O. The Morgan fingerprint density at radius 2 is 0.421 bits per heavy atom. The van der Waals surface area contributed by atoms with Crippen molar-refractivity contribution in [1.29, 1.82) is 0 Å². The lowest BCUT2D eigenvalue weighted by Gasteiger charge is -2.23. The summed E-state index contributed by atoms with van der Waals surface area (Å²) in [5.74, 6) is 0. The number of benzene rings is 3. The molecule has 95 heavy (non-hydrogen) atoms. The van der Waals surface area contributed by atoms with E-state index in [0.29, 0.717) is 0 Å². The van der Waals surface area contributed by atoms with Gasteiger partial charge in [-0.25, -0.2) is 0 Å². The molecule has 0 atom stereocenters. The summed E-state index contributed by atoms with van der Waals surface area (Å²) >= 11 is 0. The summed E-state index contributed by atoms with van der Waals surface area (Å²) in [6, 6.07) is 23.8. The van der Waals surface area contributed by atoms with E-state index in [2.05, 4.69) is 96.1 Å². The maximum Gasteiger partial charge on any atom is 0.249 e. The Labute approximate surface area is 596 Å². The number of carbonyl (C=O) groups is 1. The van der Waals surface area contributed by atoms with E-state index in [0.717, 1.165) is 0 Å². The van der Waals surface area contributed by atoms with Crippen LogP contribution in [0.15, 0.2) is 69.3 Å². The maximum atomic E-state index is 8.44. The summed E-state index contributed by atoms with van der Waals surface area (Å²) in [6.07, 6.45) is 89.9. The molecular formula is C91H160O3S. The fourth-order valence-corrected chi connectivity index (χ4v) is 17.7. The van der Waals surface area contributed by atoms with Gasteiger partial charge >= 0.3 is 0 Å². The van der Waals surface area contributed by atoms with Crippen LogP contribution in [0, 0.1) is 0 Å². The lowest BCUT2D eigenvalue weighted by Crippen LogP contribution is -2.17. The predicted molar refractivity (Wildman–Crippen MR) is 423 cm³/mol. The number of carboxylic acid groups (broad SMARTS) is 2. The molecule has 548 valence electrons. The monoisotopic (exact) mass is 1330 g/mol. The Balaban J connectivity index is 0.00000745. The van der Waals surface area contributed by atoms with Gasteiger partial charge in [-0.2, -0.15) is 0 Å². The molecule has 0 bridgehead atoms. The van der Waals surface area contributed by atoms with Crippen LogP contribution in [0.5, 0.6) is 0 Å². The molecule has 0 unspecified atom stereocenters. The van der Waals surface area contributed by atoms with Crippen LogP contribution in [0.4, 0.5) is 4.79 Å². The molecule has 3 aromatic carbocycles. The van der Waals surface area contributed by atoms with Crippen molar-refractivity contribution in [1.82, 2.24) is 0 Å². The second-order valence-electron chi connectivity index (χ2n) is 30.0. The number of aryl methyl sites for hydroxylation is 6. The number of unbranched alkanes of at least 4 members (excludes halogenated alkanes) is 54. The summed E-state index contributed by atoms with van der Waals surface area (Å²) in [5.41, 5.74) is 10.4. The Bertz CT molecular complexity index is 1890. The largest absolute Gasteiger partial charge is 0.565 e. The maximum absolute atomic E-state index is 8.44. The quantitative estimate of drug-likeness (QED) is 0.0453. The molecule has 0 saturated carbocycles. The van der Waals surface area contributed by atoms with Crippen molar-refractivity contribution in [3.8, 4) is 0 Å². The van der Waals surface area contributed by atoms with Crippen molar-refractivity contribution in [3.63, 3.8) is 0 Å². The highest BCUT2D eigenvalue weighted by molar-refractivity contribution is 7.97. The number of hydrogen-bond donors (Lipinski definition) is 1. The molecule has 4 heteroatoms. The van der Waals surface area contributed by atoms with Crippen LogP contribution < -0.4 is 5.11 Å². The van der Waals surface area contributed by atoms with Crippen molar-refractivity contribution in [2.75, 3.05) is 0 Å². The Morgan fingerprint density at radius 1 is 0.263 bits per heavy atom. The summed E-state index contributed by atoms with van der Waals surface area (Å²) in [5, 5.41) is 15.3. The minimum absolute atomic E-state index is 0.165. The van der Waals surface area contributed by atoms with E-state index in [4.69, 9.17) is 15.0 Å². The Morgan fingerprint density at radius 3 is 0.600 bits per heavy atom. The summed E-state index contributed by atoms with van der Waals surface area (Å²) in [4.78, 5) is 13.6. The molecule has 0 aliphatic carbocycles. The molecular weight excluding hydrogens is 1170 g/mol. The van der Waals surface area contributed by atoms with Gasteiger partial charge in [-0.1, -0.05) is 431 Å². The second-order valence-corrected chi connectivity index (χ2v) is 31.9. The zero-order chi connectivity index (χ0) is 68.4. The average Bonchev–Trinajstić information content (AvgIpc) is 0.762. The van der Waals surface area contributed by atoms with Crippen LogP contribution in [0.3, 0.4) is 0 Å². The lowest BCUT2D eigenvalue weighted by molar-refractivity contribution is -0.275. The third-order valence-electron chi connectivity index (χ3n) is 20.8. The first-order valence-electron chi connectivity index (χ1n) is 42.8. The average molecular weight is 1330 g/mol. The minimum atomic E-state index is -2.08. The second kappa shape index (κ2) is 67.1. The van der Waals surface area contributed by atoms with E-state index in [1.165, 1.54) is 424 Å². The van der Waals surface area contributed by atoms with Crippen molar-refractivity contribution in [2.24, 2.45) is 0 Å². The third kappa shape index (κ3) is 49.5. The van der Waals surface area contributed by atoms with Crippen LogP contribution >= 0.6 is 0 Å². The van der Waals surface area contributed by atoms with Gasteiger partial charge in [-0.05, 0) is 100 Å². The first-order chi connectivity index (χ1) is 46.8. The zero-order valence-electron chi connectivity index (χ0n) is 64.5. The topological polar surface area (TPSA) is 60.4 Å². The number of hydrogen-bond acceptors (Lipinski definition) is 2. The molecule has 3 rings (SSSR count). The van der Waals surface area contributed by atoms with Crippen LogP contribution in [0.25, 0.3) is 0 Å². The smallest absolute Gasteiger partial charge is 0.249 e. The first-order valence-corrected chi connectivity index (χ1v) is 44.1. The molecule has 0 heterocycles. The van der Waals surface area contributed by atoms with Gasteiger partial charge in [-0.3, -0.25) is 0 Å². The molecule has 3 nitrogen and oxygen atoms in total. The summed E-state index contributed by atoms with van der Waals surface area (Å²) < 4.78 is 0. The predicted octanol–water partition coefficient (Wildman–Crippen LogP) is 30.5. The van der Waals surface area contributed by atoms with Gasteiger partial charge in [-0.15, -0.1) is 0 Å². The van der Waals surface area contributed by atoms with E-state index >= 15 is 0 Å². The Hall–Kier alpha value is -2.72. The van der Waals surface area contributed by atoms with Crippen LogP contribution in [-0.4, -0.2) is 11.3 Å². The molecule has 3 aromatic rings.